The molecule has 2 rings (SSSR count). The molecule has 0 aliphatic heterocycles. The molecule has 0 bridgehead atoms. The molecular formula is C10H12N4O2. The number of rotatable bonds is 3. The third-order valence-electron chi connectivity index (χ3n) is 2.17. The largest absolute Gasteiger partial charge is 0.504 e. The average Bonchev–Trinajstić information content (AvgIpc) is 2.78. The maximum atomic E-state index is 9.45. The van der Waals surface area contributed by atoms with E-state index in [0.717, 1.165) is 5.56 Å². The fourth-order valence-electron chi connectivity index (χ4n) is 1.31. The van der Waals surface area contributed by atoms with Crippen LogP contribution < -0.4 is 4.74 Å². The Morgan fingerprint density at radius 2 is 2.25 bits per heavy atom. The van der Waals surface area contributed by atoms with Crippen molar-refractivity contribution in [2.45, 2.75) is 13.5 Å². The van der Waals surface area contributed by atoms with Crippen molar-refractivity contribution in [3.63, 3.8) is 0 Å². The highest BCUT2D eigenvalue weighted by Gasteiger charge is 2.08. The topological polar surface area (TPSA) is 73.1 Å². The third-order valence-corrected chi connectivity index (χ3v) is 2.17. The number of benzene rings is 1. The molecule has 1 heterocycles. The van der Waals surface area contributed by atoms with Crippen LogP contribution in [0, 0.1) is 0 Å². The molecule has 2 aromatic rings. The zero-order valence-corrected chi connectivity index (χ0v) is 9.08. The van der Waals surface area contributed by atoms with Gasteiger partial charge in [0.15, 0.2) is 11.5 Å². The Hall–Kier alpha value is -2.11. The van der Waals surface area contributed by atoms with E-state index in [1.165, 1.54) is 11.9 Å². The second-order valence-corrected chi connectivity index (χ2v) is 3.19. The third kappa shape index (κ3) is 1.81. The number of aromatic nitrogens is 4. The molecule has 1 aromatic carbocycles. The van der Waals surface area contributed by atoms with Crippen molar-refractivity contribution < 1.29 is 9.84 Å². The second-order valence-electron chi connectivity index (χ2n) is 3.19. The number of aryl methyl sites for hydroxylation is 1. The highest BCUT2D eigenvalue weighted by atomic mass is 16.5. The lowest BCUT2D eigenvalue weighted by Crippen LogP contribution is -1.98. The fourth-order valence-corrected chi connectivity index (χ4v) is 1.31. The van der Waals surface area contributed by atoms with Crippen LogP contribution >= 0.6 is 0 Å². The van der Waals surface area contributed by atoms with Gasteiger partial charge in [-0.05, 0) is 30.3 Å². The lowest BCUT2D eigenvalue weighted by atomic mass is 10.2. The van der Waals surface area contributed by atoms with Crippen LogP contribution in [0.25, 0.3) is 11.4 Å². The Balaban J connectivity index is 2.40. The molecule has 6 heteroatoms. The molecule has 84 valence electrons. The first-order chi connectivity index (χ1) is 7.74. The molecule has 1 aromatic heterocycles. The Kier molecular flexibility index (Phi) is 2.72. The summed E-state index contributed by atoms with van der Waals surface area (Å²) in [6.45, 7) is 2.60. The van der Waals surface area contributed by atoms with Gasteiger partial charge in [-0.25, -0.2) is 0 Å². The number of ether oxygens (including phenoxy) is 1. The van der Waals surface area contributed by atoms with Crippen molar-refractivity contribution in [3.05, 3.63) is 18.2 Å². The average molecular weight is 220 g/mol. The molecule has 0 fully saturated rings. The summed E-state index contributed by atoms with van der Waals surface area (Å²) in [6.07, 6.45) is 0. The summed E-state index contributed by atoms with van der Waals surface area (Å²) in [5, 5.41) is 21.4. The van der Waals surface area contributed by atoms with E-state index in [-0.39, 0.29) is 5.75 Å². The van der Waals surface area contributed by atoms with Crippen LogP contribution in [0.5, 0.6) is 11.5 Å². The summed E-state index contributed by atoms with van der Waals surface area (Å²) in [5.74, 6) is 1.000. The molecule has 0 spiro atoms. The Morgan fingerprint density at radius 1 is 1.44 bits per heavy atom. The molecule has 0 radical (unpaired) electrons. The molecular weight excluding hydrogens is 208 g/mol. The smallest absolute Gasteiger partial charge is 0.205 e. The van der Waals surface area contributed by atoms with E-state index in [9.17, 15) is 5.11 Å². The molecule has 1 N–H and O–H groups in total. The Bertz CT molecular complexity index is 495. The number of nitrogens with zero attached hydrogens (tertiary/aromatic N) is 4. The standard InChI is InChI=1S/C10H12N4O2/c1-3-14-12-10(11-13-14)7-4-5-8(15)9(6-7)16-2/h4-6,15H,3H2,1-2H3. The predicted molar refractivity (Wildman–Crippen MR) is 57.1 cm³/mol. The molecule has 0 amide bonds. The van der Waals surface area contributed by atoms with Crippen molar-refractivity contribution in [2.24, 2.45) is 0 Å². The van der Waals surface area contributed by atoms with Gasteiger partial charge in [-0.3, -0.25) is 0 Å². The number of tetrazole rings is 1. The highest BCUT2D eigenvalue weighted by Crippen LogP contribution is 2.29. The predicted octanol–water partition coefficient (Wildman–Crippen LogP) is 1.07. The van der Waals surface area contributed by atoms with Gasteiger partial charge in [0.25, 0.3) is 0 Å². The van der Waals surface area contributed by atoms with Crippen molar-refractivity contribution in [1.29, 1.82) is 0 Å². The van der Waals surface area contributed by atoms with Gasteiger partial charge in [0.2, 0.25) is 5.82 Å². The molecule has 6 nitrogen and oxygen atoms in total. The summed E-state index contributed by atoms with van der Waals surface area (Å²) in [5.41, 5.74) is 0.759. The lowest BCUT2D eigenvalue weighted by molar-refractivity contribution is 0.373. The molecule has 0 atom stereocenters. The van der Waals surface area contributed by atoms with Crippen molar-refractivity contribution in [2.75, 3.05) is 7.11 Å². The maximum absolute atomic E-state index is 9.45. The quantitative estimate of drug-likeness (QED) is 0.837. The van der Waals surface area contributed by atoms with E-state index in [1.807, 2.05) is 6.92 Å². The summed E-state index contributed by atoms with van der Waals surface area (Å²) in [7, 11) is 1.50. The van der Waals surface area contributed by atoms with Crippen molar-refractivity contribution in [1.82, 2.24) is 20.2 Å². The Morgan fingerprint density at radius 3 is 2.88 bits per heavy atom. The first-order valence-corrected chi connectivity index (χ1v) is 4.89. The van der Waals surface area contributed by atoms with Crippen molar-refractivity contribution >= 4 is 0 Å². The lowest BCUT2D eigenvalue weighted by Gasteiger charge is -2.03. The van der Waals surface area contributed by atoms with Crippen LogP contribution in [0.2, 0.25) is 0 Å². The molecule has 0 aliphatic rings. The zero-order valence-electron chi connectivity index (χ0n) is 9.08. The van der Waals surface area contributed by atoms with Gasteiger partial charge < -0.3 is 9.84 Å². The number of hydrogen-bond donors (Lipinski definition) is 1. The van der Waals surface area contributed by atoms with E-state index >= 15 is 0 Å². The van der Waals surface area contributed by atoms with Crippen LogP contribution in [0.15, 0.2) is 18.2 Å². The monoisotopic (exact) mass is 220 g/mol. The van der Waals surface area contributed by atoms with Crippen LogP contribution in [0.4, 0.5) is 0 Å². The fraction of sp³-hybridized carbons (Fsp3) is 0.300. The van der Waals surface area contributed by atoms with E-state index in [4.69, 9.17) is 4.74 Å². The normalized spacial score (nSPS) is 10.4. The minimum absolute atomic E-state index is 0.0918. The van der Waals surface area contributed by atoms with Gasteiger partial charge in [0, 0.05) is 5.56 Å². The number of phenolic OH excluding ortho intramolecular Hbond substituents is 1. The molecule has 0 saturated carbocycles. The van der Waals surface area contributed by atoms with Crippen LogP contribution in [-0.4, -0.2) is 32.4 Å². The molecule has 0 saturated heterocycles. The highest BCUT2D eigenvalue weighted by molar-refractivity contribution is 5.60. The summed E-state index contributed by atoms with van der Waals surface area (Å²) in [6, 6.07) is 4.93. The van der Waals surface area contributed by atoms with E-state index in [2.05, 4.69) is 15.4 Å². The second kappa shape index (κ2) is 4.18. The van der Waals surface area contributed by atoms with Gasteiger partial charge in [-0.1, -0.05) is 0 Å². The summed E-state index contributed by atoms with van der Waals surface area (Å²) < 4.78 is 5.01. The van der Waals surface area contributed by atoms with Crippen molar-refractivity contribution in [3.8, 4) is 22.9 Å². The van der Waals surface area contributed by atoms with E-state index in [1.54, 1.807) is 18.2 Å². The van der Waals surface area contributed by atoms with Crippen LogP contribution in [0.3, 0.4) is 0 Å². The van der Waals surface area contributed by atoms with Gasteiger partial charge in [-0.15, -0.1) is 10.2 Å². The number of aromatic hydroxyl groups is 1. The van der Waals surface area contributed by atoms with Crippen LogP contribution in [-0.2, 0) is 6.54 Å². The van der Waals surface area contributed by atoms with Gasteiger partial charge in [0.1, 0.15) is 0 Å². The summed E-state index contributed by atoms with van der Waals surface area (Å²) >= 11 is 0. The SMILES string of the molecule is CCn1nnc(-c2ccc(O)c(OC)c2)n1. The first kappa shape index (κ1) is 10.4. The van der Waals surface area contributed by atoms with Gasteiger partial charge >= 0.3 is 0 Å². The minimum Gasteiger partial charge on any atom is -0.504 e. The number of hydrogen-bond acceptors (Lipinski definition) is 5. The van der Waals surface area contributed by atoms with E-state index < -0.39 is 0 Å². The molecule has 0 aliphatic carbocycles. The molecule has 0 unspecified atom stereocenters. The van der Waals surface area contributed by atoms with Gasteiger partial charge in [-0.2, -0.15) is 4.80 Å². The Labute approximate surface area is 92.5 Å². The molecule has 16 heavy (non-hydrogen) atoms. The van der Waals surface area contributed by atoms with E-state index in [0.29, 0.717) is 18.1 Å². The number of methoxy groups -OCH3 is 1. The first-order valence-electron chi connectivity index (χ1n) is 4.89. The zero-order chi connectivity index (χ0) is 11.5. The maximum Gasteiger partial charge on any atom is 0.205 e. The minimum atomic E-state index is 0.0918. The van der Waals surface area contributed by atoms with Gasteiger partial charge in [0.05, 0.1) is 13.7 Å². The van der Waals surface area contributed by atoms with Crippen LogP contribution in [0.1, 0.15) is 6.92 Å². The summed E-state index contributed by atoms with van der Waals surface area (Å²) in [4.78, 5) is 1.49. The number of phenols is 1.